The van der Waals surface area contributed by atoms with E-state index >= 15 is 0 Å². The Bertz CT molecular complexity index is 1520. The number of carbonyl (C=O) groups is 1. The monoisotopic (exact) mass is 550 g/mol. The molecule has 2 aromatic carbocycles. The average Bonchev–Trinajstić information content (AvgIpc) is 2.91. The summed E-state index contributed by atoms with van der Waals surface area (Å²) in [5, 5.41) is 6.58. The standard InChI is InChI=1S/C28H24Cl2N4O4/c1-6-24(36)32-18-9-7-8-15(2)28(18)33-23-11-17-16(13-31-23)10-19(34(3)20(17)14-35)25-26(29)21(37-4)12-22(38-5)27(25)30/h6-13H,1H2,2-5H3,(H,31,33)(H,32,36). The summed E-state index contributed by atoms with van der Waals surface area (Å²) in [5.74, 6) is 2.90. The third-order valence-corrected chi connectivity index (χ3v) is 6.82. The zero-order chi connectivity index (χ0) is 27.6. The predicted octanol–water partition coefficient (Wildman–Crippen LogP) is 6.20. The molecule has 0 bridgehead atoms. The van der Waals surface area contributed by atoms with E-state index in [9.17, 15) is 9.59 Å². The van der Waals surface area contributed by atoms with Crippen LogP contribution < -0.4 is 20.1 Å². The van der Waals surface area contributed by atoms with Crippen LogP contribution in [0.15, 0.2) is 49.2 Å². The molecule has 1 amide bonds. The molecule has 1 aliphatic rings. The van der Waals surface area contributed by atoms with Gasteiger partial charge in [-0.1, -0.05) is 41.9 Å². The summed E-state index contributed by atoms with van der Waals surface area (Å²) in [5.41, 5.74) is 4.59. The SMILES string of the molecule is C=CC(=O)Nc1cccc(C)c1Nc1cc2c(cn1)C=C(c1c(Cl)c(OC)cc(OC)c1Cl)N(C)C2=C=O. The van der Waals surface area contributed by atoms with Gasteiger partial charge in [0.25, 0.3) is 0 Å². The summed E-state index contributed by atoms with van der Waals surface area (Å²) >= 11 is 13.3. The van der Waals surface area contributed by atoms with Gasteiger partial charge < -0.3 is 25.0 Å². The zero-order valence-corrected chi connectivity index (χ0v) is 22.6. The van der Waals surface area contributed by atoms with Crippen molar-refractivity contribution in [3.63, 3.8) is 0 Å². The highest BCUT2D eigenvalue weighted by Gasteiger charge is 2.29. The Morgan fingerprint density at radius 2 is 1.84 bits per heavy atom. The number of hydrogen-bond acceptors (Lipinski definition) is 7. The van der Waals surface area contributed by atoms with Gasteiger partial charge in [0, 0.05) is 36.0 Å². The van der Waals surface area contributed by atoms with Crippen LogP contribution >= 0.6 is 23.2 Å². The number of halogens is 2. The first-order valence-electron chi connectivity index (χ1n) is 11.3. The first-order chi connectivity index (χ1) is 18.2. The third kappa shape index (κ3) is 4.85. The fraction of sp³-hybridized carbons (Fsp3) is 0.143. The van der Waals surface area contributed by atoms with Crippen LogP contribution in [0.1, 0.15) is 22.3 Å². The van der Waals surface area contributed by atoms with E-state index in [0.29, 0.717) is 51.1 Å². The normalized spacial score (nSPS) is 12.2. The van der Waals surface area contributed by atoms with Gasteiger partial charge in [-0.3, -0.25) is 4.79 Å². The topological polar surface area (TPSA) is 92.8 Å². The number of hydrogen-bond donors (Lipinski definition) is 2. The van der Waals surface area contributed by atoms with Crippen LogP contribution in [0.4, 0.5) is 17.2 Å². The summed E-state index contributed by atoms with van der Waals surface area (Å²) in [6.45, 7) is 5.40. The molecule has 0 unspecified atom stereocenters. The lowest BCUT2D eigenvalue weighted by Gasteiger charge is -2.30. The van der Waals surface area contributed by atoms with Crippen molar-refractivity contribution in [1.29, 1.82) is 0 Å². The molecule has 0 aliphatic carbocycles. The second-order valence-corrected chi connectivity index (χ2v) is 9.05. The first-order valence-corrected chi connectivity index (χ1v) is 12.1. The number of rotatable bonds is 7. The molecule has 4 rings (SSSR count). The third-order valence-electron chi connectivity index (χ3n) is 6.07. The summed E-state index contributed by atoms with van der Waals surface area (Å²) < 4.78 is 10.8. The molecule has 0 radical (unpaired) electrons. The van der Waals surface area contributed by atoms with Crippen LogP contribution in [-0.4, -0.2) is 43.0 Å². The molecule has 194 valence electrons. The largest absolute Gasteiger partial charge is 0.495 e. The van der Waals surface area contributed by atoms with E-state index in [0.717, 1.165) is 5.56 Å². The molecule has 2 heterocycles. The van der Waals surface area contributed by atoms with Gasteiger partial charge in [-0.15, -0.1) is 0 Å². The Labute approximate surface area is 230 Å². The van der Waals surface area contributed by atoms with E-state index in [1.165, 1.54) is 20.3 Å². The van der Waals surface area contributed by atoms with Gasteiger partial charge in [0.15, 0.2) is 5.94 Å². The van der Waals surface area contributed by atoms with E-state index in [-0.39, 0.29) is 21.6 Å². The van der Waals surface area contributed by atoms with Crippen LogP contribution in [-0.2, 0) is 9.59 Å². The van der Waals surface area contributed by atoms with E-state index in [1.807, 2.05) is 31.1 Å². The molecule has 0 saturated carbocycles. The number of methoxy groups -OCH3 is 2. The van der Waals surface area contributed by atoms with Crippen LogP contribution in [0.2, 0.25) is 10.0 Å². The van der Waals surface area contributed by atoms with Gasteiger partial charge in [-0.05, 0) is 36.8 Å². The maximum Gasteiger partial charge on any atom is 0.247 e. The molecule has 10 heteroatoms. The minimum Gasteiger partial charge on any atom is -0.495 e. The molecule has 0 atom stereocenters. The molecule has 1 aliphatic heterocycles. The lowest BCUT2D eigenvalue weighted by atomic mass is 9.97. The zero-order valence-electron chi connectivity index (χ0n) is 21.1. The van der Waals surface area contributed by atoms with E-state index < -0.39 is 0 Å². The van der Waals surface area contributed by atoms with Crippen molar-refractivity contribution in [2.75, 3.05) is 31.9 Å². The number of benzene rings is 2. The van der Waals surface area contributed by atoms with Crippen molar-refractivity contribution in [3.05, 3.63) is 81.5 Å². The minimum atomic E-state index is -0.339. The number of nitrogens with zero attached hydrogens (tertiary/aromatic N) is 2. The fourth-order valence-corrected chi connectivity index (χ4v) is 4.82. The summed E-state index contributed by atoms with van der Waals surface area (Å²) in [6.07, 6.45) is 4.64. The molecular weight excluding hydrogens is 527 g/mol. The highest BCUT2D eigenvalue weighted by Crippen LogP contribution is 2.47. The van der Waals surface area contributed by atoms with E-state index in [1.54, 1.807) is 36.3 Å². The van der Waals surface area contributed by atoms with E-state index in [2.05, 4.69) is 22.2 Å². The molecular formula is C28H24Cl2N4O4. The van der Waals surface area contributed by atoms with Crippen molar-refractivity contribution in [1.82, 2.24) is 9.88 Å². The Balaban J connectivity index is 1.82. The maximum absolute atomic E-state index is 12.2. The number of aromatic nitrogens is 1. The van der Waals surface area contributed by atoms with Gasteiger partial charge in [-0.25, -0.2) is 9.78 Å². The number of ether oxygens (including phenoxy) is 2. The molecule has 0 saturated heterocycles. The summed E-state index contributed by atoms with van der Waals surface area (Å²) in [6, 6.07) is 8.83. The van der Waals surface area contributed by atoms with Crippen molar-refractivity contribution >= 4 is 69.7 Å². The minimum absolute atomic E-state index is 0.252. The number of para-hydroxylation sites is 1. The van der Waals surface area contributed by atoms with Gasteiger partial charge in [0.2, 0.25) is 5.91 Å². The van der Waals surface area contributed by atoms with Gasteiger partial charge in [0.1, 0.15) is 23.0 Å². The molecule has 1 aromatic heterocycles. The number of aryl methyl sites for hydroxylation is 1. The second kappa shape index (κ2) is 11.0. The smallest absolute Gasteiger partial charge is 0.247 e. The average molecular weight is 551 g/mol. The molecule has 3 aromatic rings. The number of nitrogens with one attached hydrogen (secondary N) is 2. The number of amides is 1. The number of fused-ring (bicyclic) bond motifs is 1. The van der Waals surface area contributed by atoms with Crippen molar-refractivity contribution < 1.29 is 19.1 Å². The number of pyridine rings is 1. The lowest BCUT2D eigenvalue weighted by Crippen LogP contribution is -2.21. The predicted molar refractivity (Wildman–Crippen MR) is 152 cm³/mol. The Hall–Kier alpha value is -4.23. The molecule has 0 spiro atoms. The number of anilines is 3. The van der Waals surface area contributed by atoms with E-state index in [4.69, 9.17) is 32.7 Å². The van der Waals surface area contributed by atoms with Crippen molar-refractivity contribution in [3.8, 4) is 11.5 Å². The van der Waals surface area contributed by atoms with Crippen LogP contribution in [0.25, 0.3) is 17.5 Å². The van der Waals surface area contributed by atoms with Gasteiger partial charge >= 0.3 is 0 Å². The Morgan fingerprint density at radius 1 is 1.16 bits per heavy atom. The molecule has 2 N–H and O–H groups in total. The maximum atomic E-state index is 12.2. The first kappa shape index (κ1) is 26.8. The molecule has 38 heavy (non-hydrogen) atoms. The van der Waals surface area contributed by atoms with Crippen molar-refractivity contribution in [2.24, 2.45) is 0 Å². The van der Waals surface area contributed by atoms with Crippen LogP contribution in [0.3, 0.4) is 0 Å². The van der Waals surface area contributed by atoms with Gasteiger partial charge in [-0.2, -0.15) is 0 Å². The fourth-order valence-electron chi connectivity index (χ4n) is 4.12. The van der Waals surface area contributed by atoms with Crippen molar-refractivity contribution in [2.45, 2.75) is 6.92 Å². The highest BCUT2D eigenvalue weighted by molar-refractivity contribution is 6.40. The summed E-state index contributed by atoms with van der Waals surface area (Å²) in [4.78, 5) is 30.3. The Morgan fingerprint density at radius 3 is 2.45 bits per heavy atom. The van der Waals surface area contributed by atoms with Gasteiger partial charge in [0.05, 0.1) is 41.3 Å². The molecule has 0 fully saturated rings. The molecule has 8 nitrogen and oxygen atoms in total. The highest BCUT2D eigenvalue weighted by atomic mass is 35.5. The van der Waals surface area contributed by atoms with Crippen LogP contribution in [0, 0.1) is 6.92 Å². The quantitative estimate of drug-likeness (QED) is 0.267. The second-order valence-electron chi connectivity index (χ2n) is 8.30. The summed E-state index contributed by atoms with van der Waals surface area (Å²) in [7, 11) is 4.69. The number of carbonyl (C=O) groups excluding carboxylic acids is 2. The Kier molecular flexibility index (Phi) is 7.78. The lowest BCUT2D eigenvalue weighted by molar-refractivity contribution is -0.111. The van der Waals surface area contributed by atoms with Crippen LogP contribution in [0.5, 0.6) is 11.5 Å².